The summed E-state index contributed by atoms with van der Waals surface area (Å²) in [5.74, 6) is 0. The van der Waals surface area contributed by atoms with Crippen LogP contribution in [0.25, 0.3) is 0 Å². The number of nitrogens with zero attached hydrogens (tertiary/aromatic N) is 1. The average molecular weight is 301 g/mol. The third kappa shape index (κ3) is 3.48. The molecule has 0 saturated carbocycles. The Kier molecular flexibility index (Phi) is 4.70. The van der Waals surface area contributed by atoms with Crippen molar-refractivity contribution in [2.75, 3.05) is 32.4 Å². The zero-order valence-electron chi connectivity index (χ0n) is 9.50. The van der Waals surface area contributed by atoms with Crippen LogP contribution < -0.4 is 5.32 Å². The van der Waals surface area contributed by atoms with Crippen LogP contribution in [0.2, 0.25) is 0 Å². The van der Waals surface area contributed by atoms with Crippen LogP contribution in [0, 0.1) is 0 Å². The topological polar surface area (TPSA) is 15.3 Å². The van der Waals surface area contributed by atoms with E-state index in [9.17, 15) is 0 Å². The summed E-state index contributed by atoms with van der Waals surface area (Å²) in [6.45, 7) is 5.60. The quantitative estimate of drug-likeness (QED) is 0.864. The normalized spacial score (nSPS) is 17.6. The van der Waals surface area contributed by atoms with Gasteiger partial charge in [-0.2, -0.15) is 0 Å². The monoisotopic (exact) mass is 300 g/mol. The van der Waals surface area contributed by atoms with E-state index in [4.69, 9.17) is 0 Å². The van der Waals surface area contributed by atoms with Crippen LogP contribution in [0.1, 0.15) is 5.56 Å². The van der Waals surface area contributed by atoms with Gasteiger partial charge in [-0.1, -0.05) is 15.9 Å². The van der Waals surface area contributed by atoms with E-state index < -0.39 is 0 Å². The van der Waals surface area contributed by atoms with Crippen LogP contribution in [-0.4, -0.2) is 37.3 Å². The fraction of sp³-hybridized carbons (Fsp3) is 0.500. The fourth-order valence-corrected chi connectivity index (χ4v) is 3.16. The molecule has 1 heterocycles. The summed E-state index contributed by atoms with van der Waals surface area (Å²) in [4.78, 5) is 3.84. The highest BCUT2D eigenvalue weighted by molar-refractivity contribution is 9.10. The first kappa shape index (κ1) is 12.4. The Labute approximate surface area is 110 Å². The summed E-state index contributed by atoms with van der Waals surface area (Å²) in [6.07, 6.45) is 2.12. The molecule has 0 aromatic heterocycles. The van der Waals surface area contributed by atoms with Gasteiger partial charge in [-0.15, -0.1) is 11.8 Å². The second-order valence-electron chi connectivity index (χ2n) is 4.03. The lowest BCUT2D eigenvalue weighted by Gasteiger charge is -2.27. The summed E-state index contributed by atoms with van der Waals surface area (Å²) < 4.78 is 1.18. The van der Waals surface area contributed by atoms with Crippen LogP contribution in [0.15, 0.2) is 27.6 Å². The molecule has 88 valence electrons. The number of rotatable bonds is 3. The minimum Gasteiger partial charge on any atom is -0.314 e. The molecule has 2 rings (SSSR count). The van der Waals surface area contributed by atoms with Crippen molar-refractivity contribution in [1.82, 2.24) is 10.2 Å². The van der Waals surface area contributed by atoms with E-state index in [2.05, 4.69) is 50.6 Å². The van der Waals surface area contributed by atoms with Gasteiger partial charge in [0.25, 0.3) is 0 Å². The molecule has 1 aromatic carbocycles. The molecule has 0 amide bonds. The summed E-state index contributed by atoms with van der Waals surface area (Å²) in [5.41, 5.74) is 1.40. The Balaban J connectivity index is 2.04. The van der Waals surface area contributed by atoms with Crippen molar-refractivity contribution < 1.29 is 0 Å². The standard InChI is InChI=1S/C12H17BrN2S/c1-16-12-7-10(6-11(13)8-12)9-15-4-2-14-3-5-15/h6-8,14H,2-5,9H2,1H3. The number of nitrogens with one attached hydrogen (secondary N) is 1. The minimum atomic E-state index is 1.06. The van der Waals surface area contributed by atoms with Crippen molar-refractivity contribution in [3.05, 3.63) is 28.2 Å². The van der Waals surface area contributed by atoms with Crippen LogP contribution in [-0.2, 0) is 6.54 Å². The molecule has 1 fully saturated rings. The first-order valence-corrected chi connectivity index (χ1v) is 7.56. The maximum atomic E-state index is 3.57. The van der Waals surface area contributed by atoms with Gasteiger partial charge in [-0.25, -0.2) is 0 Å². The number of halogens is 1. The van der Waals surface area contributed by atoms with Gasteiger partial charge in [0.2, 0.25) is 0 Å². The van der Waals surface area contributed by atoms with Crippen molar-refractivity contribution in [3.63, 3.8) is 0 Å². The molecule has 1 aliphatic heterocycles. The molecule has 1 aromatic rings. The second kappa shape index (κ2) is 6.05. The van der Waals surface area contributed by atoms with Gasteiger partial charge in [-0.05, 0) is 30.0 Å². The van der Waals surface area contributed by atoms with Crippen molar-refractivity contribution in [1.29, 1.82) is 0 Å². The van der Waals surface area contributed by atoms with Gasteiger partial charge in [0.05, 0.1) is 0 Å². The lowest BCUT2D eigenvalue weighted by atomic mass is 10.2. The lowest BCUT2D eigenvalue weighted by Crippen LogP contribution is -2.42. The molecule has 1 aliphatic rings. The molecule has 2 nitrogen and oxygen atoms in total. The summed E-state index contributed by atoms with van der Waals surface area (Å²) in [5, 5.41) is 3.38. The Hall–Kier alpha value is -0.0300. The molecule has 0 atom stereocenters. The third-order valence-corrected chi connectivity index (χ3v) is 3.95. The number of hydrogen-bond donors (Lipinski definition) is 1. The highest BCUT2D eigenvalue weighted by atomic mass is 79.9. The Morgan fingerprint density at radius 3 is 2.75 bits per heavy atom. The van der Waals surface area contributed by atoms with E-state index in [-0.39, 0.29) is 0 Å². The molecule has 0 bridgehead atoms. The first-order chi connectivity index (χ1) is 7.78. The molecule has 1 saturated heterocycles. The zero-order chi connectivity index (χ0) is 11.4. The summed E-state index contributed by atoms with van der Waals surface area (Å²) in [6, 6.07) is 6.69. The van der Waals surface area contributed by atoms with E-state index in [1.165, 1.54) is 14.9 Å². The van der Waals surface area contributed by atoms with Gasteiger partial charge in [0.1, 0.15) is 0 Å². The van der Waals surface area contributed by atoms with E-state index in [0.717, 1.165) is 32.7 Å². The summed E-state index contributed by atoms with van der Waals surface area (Å²) in [7, 11) is 0. The largest absolute Gasteiger partial charge is 0.314 e. The van der Waals surface area contributed by atoms with Crippen molar-refractivity contribution in [3.8, 4) is 0 Å². The fourth-order valence-electron chi connectivity index (χ4n) is 1.96. The maximum Gasteiger partial charge on any atom is 0.0235 e. The lowest BCUT2D eigenvalue weighted by molar-refractivity contribution is 0.233. The molecule has 16 heavy (non-hydrogen) atoms. The Bertz CT molecular complexity index is 351. The van der Waals surface area contributed by atoms with Gasteiger partial charge in [0.15, 0.2) is 0 Å². The van der Waals surface area contributed by atoms with Crippen molar-refractivity contribution in [2.24, 2.45) is 0 Å². The first-order valence-electron chi connectivity index (χ1n) is 5.54. The van der Waals surface area contributed by atoms with E-state index >= 15 is 0 Å². The van der Waals surface area contributed by atoms with E-state index in [0.29, 0.717) is 0 Å². The highest BCUT2D eigenvalue weighted by Gasteiger charge is 2.10. The molecule has 0 spiro atoms. The minimum absolute atomic E-state index is 1.06. The number of thioether (sulfide) groups is 1. The maximum absolute atomic E-state index is 3.57. The van der Waals surface area contributed by atoms with Crippen LogP contribution >= 0.6 is 27.7 Å². The Morgan fingerprint density at radius 1 is 1.31 bits per heavy atom. The van der Waals surface area contributed by atoms with Gasteiger partial charge in [0, 0.05) is 42.1 Å². The van der Waals surface area contributed by atoms with Crippen molar-refractivity contribution >= 4 is 27.7 Å². The van der Waals surface area contributed by atoms with Gasteiger partial charge >= 0.3 is 0 Å². The van der Waals surface area contributed by atoms with Gasteiger partial charge in [-0.3, -0.25) is 4.90 Å². The number of benzene rings is 1. The zero-order valence-corrected chi connectivity index (χ0v) is 11.9. The third-order valence-electron chi connectivity index (χ3n) is 2.78. The van der Waals surface area contributed by atoms with Crippen LogP contribution in [0.4, 0.5) is 0 Å². The van der Waals surface area contributed by atoms with Crippen LogP contribution in [0.3, 0.4) is 0 Å². The summed E-state index contributed by atoms with van der Waals surface area (Å²) >= 11 is 5.37. The SMILES string of the molecule is CSc1cc(Br)cc(CN2CCNCC2)c1. The molecule has 1 N–H and O–H groups in total. The highest BCUT2D eigenvalue weighted by Crippen LogP contribution is 2.23. The van der Waals surface area contributed by atoms with Crippen molar-refractivity contribution in [2.45, 2.75) is 11.4 Å². The molecular weight excluding hydrogens is 284 g/mol. The van der Waals surface area contributed by atoms with Gasteiger partial charge < -0.3 is 5.32 Å². The number of piperazine rings is 1. The predicted molar refractivity (Wildman–Crippen MR) is 74.1 cm³/mol. The van der Waals surface area contributed by atoms with Crippen LogP contribution in [0.5, 0.6) is 0 Å². The number of hydrogen-bond acceptors (Lipinski definition) is 3. The smallest absolute Gasteiger partial charge is 0.0235 e. The molecule has 0 aliphatic carbocycles. The predicted octanol–water partition coefficient (Wildman–Crippen LogP) is 2.58. The van der Waals surface area contributed by atoms with E-state index in [1.807, 2.05) is 0 Å². The molecule has 0 unspecified atom stereocenters. The van der Waals surface area contributed by atoms with E-state index in [1.54, 1.807) is 11.8 Å². The molecule has 4 heteroatoms. The molecular formula is C12H17BrN2S. The molecule has 0 radical (unpaired) electrons. The Morgan fingerprint density at radius 2 is 2.06 bits per heavy atom. The average Bonchev–Trinajstić information content (AvgIpc) is 2.29. The second-order valence-corrected chi connectivity index (χ2v) is 5.82.